The van der Waals surface area contributed by atoms with Gasteiger partial charge in [-0.05, 0) is 19.1 Å². The number of benzene rings is 1. The third-order valence-corrected chi connectivity index (χ3v) is 1.72. The molecule has 0 bridgehead atoms. The molecule has 0 atom stereocenters. The van der Waals surface area contributed by atoms with Crippen LogP contribution in [-0.4, -0.2) is 5.78 Å². The number of para-hydroxylation sites is 1. The molecule has 1 rings (SSSR count). The number of hydrogen-bond acceptors (Lipinski definition) is 2. The summed E-state index contributed by atoms with van der Waals surface area (Å²) in [5.74, 6) is 0.0330. The van der Waals surface area contributed by atoms with Gasteiger partial charge in [0.2, 0.25) is 0 Å². The van der Waals surface area contributed by atoms with Gasteiger partial charge in [-0.3, -0.25) is 4.79 Å². The van der Waals surface area contributed by atoms with E-state index in [1.54, 1.807) is 12.1 Å². The highest BCUT2D eigenvalue weighted by Gasteiger charge is 2.07. The Morgan fingerprint density at radius 3 is 2.62 bits per heavy atom. The van der Waals surface area contributed by atoms with Crippen molar-refractivity contribution in [3.8, 4) is 0 Å². The maximum Gasteiger partial charge on any atom is 0.168 e. The van der Waals surface area contributed by atoms with Gasteiger partial charge in [-0.25, -0.2) is 0 Å². The number of allylic oxidation sites excluding steroid dienone is 1. The average molecular weight is 175 g/mol. The first kappa shape index (κ1) is 9.52. The molecule has 0 radical (unpaired) electrons. The monoisotopic (exact) mass is 175 g/mol. The molecule has 1 aromatic rings. The SMILES string of the molecule is C=C(C)CC(=O)c1ccccc1N. The first-order valence-corrected chi connectivity index (χ1v) is 4.13. The Balaban J connectivity index is 2.89. The summed E-state index contributed by atoms with van der Waals surface area (Å²) in [6, 6.07) is 7.08. The summed E-state index contributed by atoms with van der Waals surface area (Å²) in [6.45, 7) is 5.52. The van der Waals surface area contributed by atoms with Crippen molar-refractivity contribution in [3.63, 3.8) is 0 Å². The van der Waals surface area contributed by atoms with Crippen LogP contribution in [0.25, 0.3) is 0 Å². The fourth-order valence-corrected chi connectivity index (χ4v) is 1.12. The van der Waals surface area contributed by atoms with Crippen molar-refractivity contribution >= 4 is 11.5 Å². The number of carbonyl (C=O) groups excluding carboxylic acids is 1. The van der Waals surface area contributed by atoms with E-state index in [-0.39, 0.29) is 5.78 Å². The second kappa shape index (κ2) is 3.90. The van der Waals surface area contributed by atoms with Crippen LogP contribution >= 0.6 is 0 Å². The Morgan fingerprint density at radius 1 is 1.46 bits per heavy atom. The second-order valence-electron chi connectivity index (χ2n) is 3.14. The van der Waals surface area contributed by atoms with Crippen molar-refractivity contribution in [2.75, 3.05) is 5.73 Å². The Hall–Kier alpha value is -1.57. The molecule has 2 N–H and O–H groups in total. The smallest absolute Gasteiger partial charge is 0.168 e. The van der Waals surface area contributed by atoms with E-state index in [1.165, 1.54) is 0 Å². The van der Waals surface area contributed by atoms with E-state index in [0.29, 0.717) is 17.7 Å². The lowest BCUT2D eigenvalue weighted by Crippen LogP contribution is -2.03. The molecule has 68 valence electrons. The fraction of sp³-hybridized carbons (Fsp3) is 0.182. The molecule has 0 unspecified atom stereocenters. The largest absolute Gasteiger partial charge is 0.398 e. The minimum atomic E-state index is 0.0330. The zero-order valence-electron chi connectivity index (χ0n) is 7.71. The molecule has 0 aliphatic heterocycles. The number of nitrogen functional groups attached to an aromatic ring is 1. The molecule has 0 heterocycles. The van der Waals surface area contributed by atoms with Crippen LogP contribution in [0.3, 0.4) is 0 Å². The van der Waals surface area contributed by atoms with Crippen molar-refractivity contribution < 1.29 is 4.79 Å². The number of Topliss-reactive ketones (excluding diaryl/α,β-unsaturated/α-hetero) is 1. The predicted molar refractivity (Wildman–Crippen MR) is 54.6 cm³/mol. The van der Waals surface area contributed by atoms with Gasteiger partial charge in [-0.1, -0.05) is 24.3 Å². The maximum absolute atomic E-state index is 11.5. The third-order valence-electron chi connectivity index (χ3n) is 1.72. The lowest BCUT2D eigenvalue weighted by Gasteiger charge is -2.03. The van der Waals surface area contributed by atoms with E-state index in [1.807, 2.05) is 19.1 Å². The van der Waals surface area contributed by atoms with Crippen molar-refractivity contribution in [2.45, 2.75) is 13.3 Å². The van der Waals surface area contributed by atoms with Crippen LogP contribution in [0.15, 0.2) is 36.4 Å². The van der Waals surface area contributed by atoms with Gasteiger partial charge in [-0.15, -0.1) is 0 Å². The fourth-order valence-electron chi connectivity index (χ4n) is 1.12. The van der Waals surface area contributed by atoms with Gasteiger partial charge in [0.1, 0.15) is 0 Å². The van der Waals surface area contributed by atoms with Gasteiger partial charge >= 0.3 is 0 Å². The van der Waals surface area contributed by atoms with Crippen LogP contribution in [0.5, 0.6) is 0 Å². The van der Waals surface area contributed by atoms with Gasteiger partial charge in [0.15, 0.2) is 5.78 Å². The number of hydrogen-bond donors (Lipinski definition) is 1. The summed E-state index contributed by atoms with van der Waals surface area (Å²) in [5, 5.41) is 0. The van der Waals surface area contributed by atoms with Crippen molar-refractivity contribution in [3.05, 3.63) is 42.0 Å². The van der Waals surface area contributed by atoms with E-state index in [2.05, 4.69) is 6.58 Å². The van der Waals surface area contributed by atoms with E-state index in [0.717, 1.165) is 5.57 Å². The molecule has 0 aliphatic carbocycles. The summed E-state index contributed by atoms with van der Waals surface area (Å²) in [5.41, 5.74) is 7.63. The van der Waals surface area contributed by atoms with E-state index in [9.17, 15) is 4.79 Å². The Kier molecular flexibility index (Phi) is 2.85. The number of carbonyl (C=O) groups is 1. The molecular formula is C11H13NO. The molecule has 0 saturated heterocycles. The summed E-state index contributed by atoms with van der Waals surface area (Å²) in [6.07, 6.45) is 0.369. The van der Waals surface area contributed by atoms with Crippen LogP contribution < -0.4 is 5.73 Å². The molecule has 2 heteroatoms. The summed E-state index contributed by atoms with van der Waals surface area (Å²) < 4.78 is 0. The Bertz CT molecular complexity index is 342. The zero-order valence-corrected chi connectivity index (χ0v) is 7.71. The topological polar surface area (TPSA) is 43.1 Å². The summed E-state index contributed by atoms with van der Waals surface area (Å²) in [7, 11) is 0. The van der Waals surface area contributed by atoms with Gasteiger partial charge in [0.05, 0.1) is 0 Å². The van der Waals surface area contributed by atoms with Crippen molar-refractivity contribution in [1.82, 2.24) is 0 Å². The number of anilines is 1. The van der Waals surface area contributed by atoms with Crippen molar-refractivity contribution in [2.24, 2.45) is 0 Å². The van der Waals surface area contributed by atoms with Crippen LogP contribution in [0.4, 0.5) is 5.69 Å². The molecule has 0 fully saturated rings. The number of rotatable bonds is 3. The molecular weight excluding hydrogens is 162 g/mol. The van der Waals surface area contributed by atoms with E-state index >= 15 is 0 Å². The van der Waals surface area contributed by atoms with Crippen LogP contribution in [0.2, 0.25) is 0 Å². The molecule has 0 aliphatic rings. The van der Waals surface area contributed by atoms with Gasteiger partial charge < -0.3 is 5.73 Å². The third kappa shape index (κ3) is 2.44. The summed E-state index contributed by atoms with van der Waals surface area (Å²) >= 11 is 0. The molecule has 0 saturated carbocycles. The maximum atomic E-state index is 11.5. The predicted octanol–water partition coefficient (Wildman–Crippen LogP) is 2.42. The standard InChI is InChI=1S/C11H13NO/c1-8(2)7-11(13)9-5-3-4-6-10(9)12/h3-6H,1,7,12H2,2H3. The highest BCUT2D eigenvalue weighted by atomic mass is 16.1. The summed E-state index contributed by atoms with van der Waals surface area (Å²) in [4.78, 5) is 11.5. The molecule has 0 spiro atoms. The first-order chi connectivity index (χ1) is 6.11. The first-order valence-electron chi connectivity index (χ1n) is 4.13. The highest BCUT2D eigenvalue weighted by molar-refractivity contribution is 6.01. The minimum Gasteiger partial charge on any atom is -0.398 e. The van der Waals surface area contributed by atoms with Crippen molar-refractivity contribution in [1.29, 1.82) is 0 Å². The number of nitrogens with two attached hydrogens (primary N) is 1. The van der Waals surface area contributed by atoms with Crippen LogP contribution in [0.1, 0.15) is 23.7 Å². The quantitative estimate of drug-likeness (QED) is 0.435. The van der Waals surface area contributed by atoms with E-state index < -0.39 is 0 Å². The molecule has 0 aromatic heterocycles. The lowest BCUT2D eigenvalue weighted by molar-refractivity contribution is 0.0994. The molecule has 13 heavy (non-hydrogen) atoms. The average Bonchev–Trinajstić information content (AvgIpc) is 2.03. The molecule has 0 amide bonds. The van der Waals surface area contributed by atoms with Gasteiger partial charge in [-0.2, -0.15) is 0 Å². The van der Waals surface area contributed by atoms with E-state index in [4.69, 9.17) is 5.73 Å². The Labute approximate surface area is 78.1 Å². The minimum absolute atomic E-state index is 0.0330. The number of ketones is 1. The second-order valence-corrected chi connectivity index (χ2v) is 3.14. The zero-order chi connectivity index (χ0) is 9.84. The normalized spacial score (nSPS) is 9.62. The van der Waals surface area contributed by atoms with Gasteiger partial charge in [0, 0.05) is 17.7 Å². The highest BCUT2D eigenvalue weighted by Crippen LogP contribution is 2.14. The lowest BCUT2D eigenvalue weighted by atomic mass is 10.0. The molecule has 1 aromatic carbocycles. The van der Waals surface area contributed by atoms with Gasteiger partial charge in [0.25, 0.3) is 0 Å². The Morgan fingerprint density at radius 2 is 2.08 bits per heavy atom. The molecule has 2 nitrogen and oxygen atoms in total. The van der Waals surface area contributed by atoms with Crippen LogP contribution in [-0.2, 0) is 0 Å². The van der Waals surface area contributed by atoms with Crippen LogP contribution in [0, 0.1) is 0 Å².